The minimum absolute atomic E-state index is 0. The Morgan fingerprint density at radius 1 is 1.50 bits per heavy atom. The van der Waals surface area contributed by atoms with Crippen LogP contribution in [0.5, 0.6) is 0 Å². The number of anilines is 1. The molecule has 1 aromatic carbocycles. The molecule has 0 spiro atoms. The molecule has 0 aromatic heterocycles. The van der Waals surface area contributed by atoms with E-state index < -0.39 is 0 Å². The van der Waals surface area contributed by atoms with Gasteiger partial charge in [-0.1, -0.05) is 24.4 Å². The van der Waals surface area contributed by atoms with Gasteiger partial charge in [0.15, 0.2) is 0 Å². The van der Waals surface area contributed by atoms with Gasteiger partial charge in [-0.15, -0.1) is 17.7 Å². The second-order valence-electron chi connectivity index (χ2n) is 2.98. The van der Waals surface area contributed by atoms with Crippen molar-refractivity contribution in [3.8, 4) is 0 Å². The summed E-state index contributed by atoms with van der Waals surface area (Å²) in [6.07, 6.45) is 2.52. The van der Waals surface area contributed by atoms with Crippen LogP contribution in [0.1, 0.15) is 24.3 Å². The van der Waals surface area contributed by atoms with Gasteiger partial charge in [0.2, 0.25) is 0 Å². The molecule has 3 heteroatoms. The average molecular weight is 406 g/mol. The normalized spacial score (nSPS) is 15.4. The van der Waals surface area contributed by atoms with Crippen molar-refractivity contribution in [2.24, 2.45) is 0 Å². The Morgan fingerprint density at radius 2 is 2.17 bits per heavy atom. The predicted octanol–water partition coefficient (Wildman–Crippen LogP) is 1.64. The average Bonchev–Trinajstić information content (AvgIpc) is 2.76. The van der Waals surface area contributed by atoms with Gasteiger partial charge in [-0.2, -0.15) is 6.07 Å². The molecule has 12 heavy (non-hydrogen) atoms. The molecular formula is C9H10ClNU. The number of hydrogen-bond donors (Lipinski definition) is 1. The van der Waals surface area contributed by atoms with Gasteiger partial charge in [0, 0.05) is 31.1 Å². The summed E-state index contributed by atoms with van der Waals surface area (Å²) in [5.74, 6) is 0.675. The van der Waals surface area contributed by atoms with Crippen molar-refractivity contribution in [1.29, 1.82) is 0 Å². The van der Waals surface area contributed by atoms with Crippen LogP contribution in [0.4, 0.5) is 5.69 Å². The summed E-state index contributed by atoms with van der Waals surface area (Å²) < 4.78 is 0. The Hall–Kier alpha value is 0.362. The van der Waals surface area contributed by atoms with Gasteiger partial charge in [0.25, 0.3) is 0 Å². The molecule has 0 saturated heterocycles. The van der Waals surface area contributed by atoms with Gasteiger partial charge in [-0.05, 0) is 0 Å². The monoisotopic (exact) mass is 405 g/mol. The van der Waals surface area contributed by atoms with Crippen molar-refractivity contribution in [2.45, 2.75) is 18.8 Å². The summed E-state index contributed by atoms with van der Waals surface area (Å²) in [6, 6.07) is 6.72. The van der Waals surface area contributed by atoms with Crippen LogP contribution in [0.15, 0.2) is 12.1 Å². The van der Waals surface area contributed by atoms with E-state index in [-0.39, 0.29) is 31.1 Å². The van der Waals surface area contributed by atoms with E-state index in [1.54, 1.807) is 6.07 Å². The van der Waals surface area contributed by atoms with E-state index in [4.69, 9.17) is 17.3 Å². The van der Waals surface area contributed by atoms with Gasteiger partial charge in [-0.25, -0.2) is 0 Å². The first kappa shape index (κ1) is 10.4. The zero-order chi connectivity index (χ0) is 7.84. The topological polar surface area (TPSA) is 26.0 Å². The van der Waals surface area contributed by atoms with Crippen LogP contribution in [0.3, 0.4) is 0 Å². The van der Waals surface area contributed by atoms with E-state index in [1.807, 2.05) is 6.07 Å². The van der Waals surface area contributed by atoms with Crippen LogP contribution in [-0.2, 0) is 0 Å². The largest absolute Gasteiger partial charge is 0.420 e. The maximum absolute atomic E-state index is 5.73. The second kappa shape index (κ2) is 4.05. The molecule has 1 saturated carbocycles. The Bertz CT molecular complexity index is 284. The molecule has 0 amide bonds. The van der Waals surface area contributed by atoms with E-state index in [9.17, 15) is 0 Å². The van der Waals surface area contributed by atoms with Crippen LogP contribution in [0, 0.1) is 48.8 Å². The first-order chi connectivity index (χ1) is 5.27. The molecule has 1 aliphatic carbocycles. The standard InChI is InChI=1S/C9H10ClN.U/c10-7-3-4-9(11)8(5-7)6-1-2-6;/h3,5-6,10H,1-2,11H2;. The molecule has 0 heterocycles. The summed E-state index contributed by atoms with van der Waals surface area (Å²) in [5, 5.41) is 0.848. The molecule has 2 N–H and O–H groups in total. The molecule has 1 aliphatic rings. The fourth-order valence-corrected chi connectivity index (χ4v) is 1.42. The van der Waals surface area contributed by atoms with Gasteiger partial charge in [0.1, 0.15) is 5.02 Å². The Morgan fingerprint density at radius 3 is 2.75 bits per heavy atom. The summed E-state index contributed by atoms with van der Waals surface area (Å²) in [4.78, 5) is 0. The van der Waals surface area contributed by atoms with Crippen molar-refractivity contribution in [3.05, 3.63) is 28.8 Å². The summed E-state index contributed by atoms with van der Waals surface area (Å²) in [6.45, 7) is 0. The molecule has 0 atom stereocenters. The number of halogens is 1. The van der Waals surface area contributed by atoms with Crippen molar-refractivity contribution in [3.63, 3.8) is 0 Å². The van der Waals surface area contributed by atoms with Crippen molar-refractivity contribution in [1.82, 2.24) is 0 Å². The number of nitrogens with two attached hydrogens (primary N) is 1. The molecule has 0 aliphatic heterocycles. The quantitative estimate of drug-likeness (QED) is 0.558. The van der Waals surface area contributed by atoms with Crippen LogP contribution in [-0.4, -0.2) is 0 Å². The fraction of sp³-hybridized carbons (Fsp3) is 0.333. The van der Waals surface area contributed by atoms with Gasteiger partial charge >= 0.3 is 0 Å². The Labute approximate surface area is 101 Å². The fourth-order valence-electron chi connectivity index (χ4n) is 1.24. The maximum Gasteiger partial charge on any atom is 0.119 e. The number of rotatable bonds is 1. The van der Waals surface area contributed by atoms with Crippen molar-refractivity contribution < 1.29 is 42.7 Å². The smallest absolute Gasteiger partial charge is 0.119 e. The first-order valence-corrected chi connectivity index (χ1v) is 4.16. The minimum atomic E-state index is 0. The third kappa shape index (κ3) is 2.19. The van der Waals surface area contributed by atoms with E-state index in [0.29, 0.717) is 5.92 Å². The van der Waals surface area contributed by atoms with Crippen LogP contribution >= 0.6 is 0 Å². The summed E-state index contributed by atoms with van der Waals surface area (Å²) in [5.41, 5.74) is 7.71. The summed E-state index contributed by atoms with van der Waals surface area (Å²) in [7, 11) is 0. The van der Waals surface area contributed by atoms with Crippen molar-refractivity contribution in [2.75, 3.05) is 5.73 Å². The van der Waals surface area contributed by atoms with Crippen LogP contribution in [0.2, 0.25) is 5.02 Å². The SMILES string of the molecule is Nc1[c-]cc([ClH+])cc1C1CC1.[U]. The van der Waals surface area contributed by atoms with Crippen molar-refractivity contribution >= 4 is 5.69 Å². The zero-order valence-electron chi connectivity index (χ0n) is 6.63. The van der Waals surface area contributed by atoms with Crippen LogP contribution in [0.25, 0.3) is 0 Å². The van der Waals surface area contributed by atoms with E-state index in [1.165, 1.54) is 18.4 Å². The number of benzene rings is 1. The number of nitrogen functional groups attached to an aromatic ring is 1. The predicted molar refractivity (Wildman–Crippen MR) is 42.2 cm³/mol. The molecular weight excluding hydrogens is 396 g/mol. The number of hydrogen-bond acceptors (Lipinski definition) is 1. The third-order valence-electron chi connectivity index (χ3n) is 2.00. The first-order valence-electron chi connectivity index (χ1n) is 3.75. The van der Waals surface area contributed by atoms with E-state index >= 15 is 0 Å². The van der Waals surface area contributed by atoms with E-state index in [2.05, 4.69) is 6.07 Å². The summed E-state index contributed by atoms with van der Waals surface area (Å²) >= 11 is 5.02. The minimum Gasteiger partial charge on any atom is -0.420 e. The van der Waals surface area contributed by atoms with Gasteiger partial charge in [0.05, 0.1) is 11.6 Å². The molecule has 0 unspecified atom stereocenters. The molecule has 62 valence electrons. The Kier molecular flexibility index (Phi) is 3.52. The van der Waals surface area contributed by atoms with Gasteiger partial charge in [-0.3, -0.25) is 0 Å². The molecule has 1 aromatic rings. The maximum atomic E-state index is 5.73. The van der Waals surface area contributed by atoms with Crippen LogP contribution < -0.4 is 5.73 Å². The molecule has 2 rings (SSSR count). The van der Waals surface area contributed by atoms with Gasteiger partial charge < -0.3 is 5.73 Å². The molecule has 0 bridgehead atoms. The molecule has 1 fully saturated rings. The van der Waals surface area contributed by atoms with E-state index in [0.717, 1.165) is 10.7 Å². The zero-order valence-corrected chi connectivity index (χ0v) is 11.6. The third-order valence-corrected chi connectivity index (χ3v) is 2.23. The Balaban J connectivity index is 0.000000720. The molecule has 0 radical (unpaired) electrons. The second-order valence-corrected chi connectivity index (χ2v) is 3.45. The molecule has 1 nitrogen and oxygen atoms in total.